The fourth-order valence-corrected chi connectivity index (χ4v) is 4.10. The molecule has 0 bridgehead atoms. The molecule has 0 unspecified atom stereocenters. The predicted molar refractivity (Wildman–Crippen MR) is 109 cm³/mol. The van der Waals surface area contributed by atoms with E-state index in [1.54, 1.807) is 18.4 Å². The van der Waals surface area contributed by atoms with Crippen molar-refractivity contribution >= 4 is 27.5 Å². The first-order valence-electron chi connectivity index (χ1n) is 9.12. The second-order valence-electron chi connectivity index (χ2n) is 6.75. The molecule has 3 aromatic rings. The summed E-state index contributed by atoms with van der Waals surface area (Å²) in [5.41, 5.74) is 2.11. The maximum Gasteiger partial charge on any atom is 0.220 e. The molecule has 142 valence electrons. The van der Waals surface area contributed by atoms with E-state index in [1.165, 1.54) is 9.60 Å². The molecule has 0 radical (unpaired) electrons. The number of amides is 1. The van der Waals surface area contributed by atoms with Gasteiger partial charge in [-0.1, -0.05) is 24.3 Å². The molecular weight excluding hydrogens is 358 g/mol. The normalized spacial score (nSPS) is 12.3. The highest BCUT2D eigenvalue weighted by Crippen LogP contribution is 2.23. The summed E-state index contributed by atoms with van der Waals surface area (Å²) in [6, 6.07) is 16.2. The van der Waals surface area contributed by atoms with Crippen LogP contribution in [0.2, 0.25) is 0 Å². The second kappa shape index (κ2) is 8.97. The number of aryl methyl sites for hydroxylation is 1. The Morgan fingerprint density at radius 1 is 1.19 bits per heavy atom. The van der Waals surface area contributed by atoms with E-state index >= 15 is 0 Å². The lowest BCUT2D eigenvalue weighted by Gasteiger charge is -2.23. The molecule has 3 rings (SSSR count). The summed E-state index contributed by atoms with van der Waals surface area (Å²) in [7, 11) is 5.85. The Labute approximate surface area is 164 Å². The fourth-order valence-electron chi connectivity index (χ4n) is 3.13. The number of carbonyl (C=O) groups excluding carboxylic acids is 1. The van der Waals surface area contributed by atoms with E-state index in [0.717, 1.165) is 21.8 Å². The summed E-state index contributed by atoms with van der Waals surface area (Å²) < 4.78 is 6.65. The number of quaternary nitrogens is 1. The summed E-state index contributed by atoms with van der Waals surface area (Å²) in [5.74, 6) is 0.905. The van der Waals surface area contributed by atoms with Gasteiger partial charge in [0.05, 0.1) is 48.5 Å². The highest BCUT2D eigenvalue weighted by atomic mass is 32.1. The lowest BCUT2D eigenvalue weighted by molar-refractivity contribution is -0.890. The summed E-state index contributed by atoms with van der Waals surface area (Å²) >= 11 is 1.66. The molecule has 6 heteroatoms. The largest absolute Gasteiger partial charge is 0.496 e. The summed E-state index contributed by atoms with van der Waals surface area (Å²) in [6.45, 7) is 0.571. The maximum absolute atomic E-state index is 12.4. The van der Waals surface area contributed by atoms with Crippen molar-refractivity contribution in [1.82, 2.24) is 10.3 Å². The Bertz CT molecular complexity index is 874. The molecule has 27 heavy (non-hydrogen) atoms. The van der Waals surface area contributed by atoms with E-state index in [-0.39, 0.29) is 11.9 Å². The number of likely N-dealkylation sites (N-methyl/N-ethyl adjacent to an activating group) is 1. The van der Waals surface area contributed by atoms with E-state index in [4.69, 9.17) is 4.74 Å². The van der Waals surface area contributed by atoms with E-state index in [2.05, 4.69) is 36.5 Å². The summed E-state index contributed by atoms with van der Waals surface area (Å²) in [5, 5.41) is 4.08. The second-order valence-corrected chi connectivity index (χ2v) is 7.87. The van der Waals surface area contributed by atoms with Gasteiger partial charge < -0.3 is 15.0 Å². The third-order valence-corrected chi connectivity index (χ3v) is 5.71. The number of nitrogens with one attached hydrogen (secondary N) is 2. The number of carbonyl (C=O) groups is 1. The van der Waals surface area contributed by atoms with Crippen LogP contribution in [0.4, 0.5) is 0 Å². The zero-order valence-corrected chi connectivity index (χ0v) is 16.8. The number of benzene rings is 2. The first-order chi connectivity index (χ1) is 13.1. The summed E-state index contributed by atoms with van der Waals surface area (Å²) in [4.78, 5) is 18.2. The lowest BCUT2D eigenvalue weighted by Crippen LogP contribution is -3.07. The van der Waals surface area contributed by atoms with E-state index < -0.39 is 0 Å². The van der Waals surface area contributed by atoms with E-state index in [9.17, 15) is 4.79 Å². The number of nitrogens with zero attached hydrogens (tertiary/aromatic N) is 1. The molecule has 0 aliphatic heterocycles. The topological polar surface area (TPSA) is 55.7 Å². The van der Waals surface area contributed by atoms with Gasteiger partial charge in [0, 0.05) is 12.8 Å². The van der Waals surface area contributed by atoms with Gasteiger partial charge in [0.2, 0.25) is 5.91 Å². The van der Waals surface area contributed by atoms with Crippen molar-refractivity contribution in [3.8, 4) is 5.75 Å². The number of methoxy groups -OCH3 is 1. The third-order valence-electron chi connectivity index (χ3n) is 4.62. The molecule has 1 amide bonds. The fraction of sp³-hybridized carbons (Fsp3) is 0.333. The van der Waals surface area contributed by atoms with Gasteiger partial charge in [0.25, 0.3) is 0 Å². The van der Waals surface area contributed by atoms with E-state index in [0.29, 0.717) is 19.4 Å². The van der Waals surface area contributed by atoms with Gasteiger partial charge in [-0.2, -0.15) is 0 Å². The van der Waals surface area contributed by atoms with Crippen molar-refractivity contribution in [1.29, 1.82) is 0 Å². The predicted octanol–water partition coefficient (Wildman–Crippen LogP) is 2.24. The number of hydrogen-bond donors (Lipinski definition) is 2. The van der Waals surface area contributed by atoms with Crippen molar-refractivity contribution in [2.75, 3.05) is 27.7 Å². The SMILES string of the molecule is COc1ccccc1[C@@H](CNC(=O)CCc1nc2ccccc2s1)[NH+](C)C. The monoisotopic (exact) mass is 384 g/mol. The smallest absolute Gasteiger partial charge is 0.220 e. The van der Waals surface area contributed by atoms with Crippen LogP contribution in [0.3, 0.4) is 0 Å². The average molecular weight is 385 g/mol. The molecule has 5 nitrogen and oxygen atoms in total. The first kappa shape index (κ1) is 19.3. The van der Waals surface area contributed by atoms with Crippen molar-refractivity contribution < 1.29 is 14.4 Å². The number of rotatable bonds is 8. The molecule has 0 saturated carbocycles. The molecule has 2 aromatic carbocycles. The van der Waals surface area contributed by atoms with Crippen LogP contribution in [0.5, 0.6) is 5.75 Å². The number of thiazole rings is 1. The lowest BCUT2D eigenvalue weighted by atomic mass is 10.0. The van der Waals surface area contributed by atoms with Crippen LogP contribution < -0.4 is 15.0 Å². The van der Waals surface area contributed by atoms with Crippen LogP contribution in [0.25, 0.3) is 10.2 Å². The molecule has 0 spiro atoms. The van der Waals surface area contributed by atoms with E-state index in [1.807, 2.05) is 36.4 Å². The number of para-hydroxylation sites is 2. The summed E-state index contributed by atoms with van der Waals surface area (Å²) in [6.07, 6.45) is 1.11. The van der Waals surface area contributed by atoms with Gasteiger partial charge in [-0.15, -0.1) is 11.3 Å². The molecule has 2 N–H and O–H groups in total. The highest BCUT2D eigenvalue weighted by Gasteiger charge is 2.22. The molecule has 0 aliphatic carbocycles. The Morgan fingerprint density at radius 2 is 1.93 bits per heavy atom. The zero-order valence-electron chi connectivity index (χ0n) is 16.0. The highest BCUT2D eigenvalue weighted by molar-refractivity contribution is 7.18. The van der Waals surface area contributed by atoms with Gasteiger partial charge >= 0.3 is 0 Å². The molecule has 0 saturated heterocycles. The van der Waals surface area contributed by atoms with Crippen LogP contribution in [0.15, 0.2) is 48.5 Å². The Morgan fingerprint density at radius 3 is 2.67 bits per heavy atom. The van der Waals surface area contributed by atoms with Gasteiger partial charge in [-0.3, -0.25) is 4.79 Å². The molecule has 0 fully saturated rings. The Hall–Kier alpha value is -2.44. The number of ether oxygens (including phenoxy) is 1. The van der Waals surface area contributed by atoms with Crippen LogP contribution in [-0.2, 0) is 11.2 Å². The minimum Gasteiger partial charge on any atom is -0.496 e. The van der Waals surface area contributed by atoms with Crippen LogP contribution in [0, 0.1) is 0 Å². The number of fused-ring (bicyclic) bond motifs is 1. The Balaban J connectivity index is 1.57. The molecule has 1 atom stereocenters. The third kappa shape index (κ3) is 4.84. The van der Waals surface area contributed by atoms with Crippen molar-refractivity contribution in [3.63, 3.8) is 0 Å². The van der Waals surface area contributed by atoms with Crippen LogP contribution in [-0.4, -0.2) is 38.6 Å². The minimum atomic E-state index is 0.0513. The molecule has 1 aromatic heterocycles. The standard InChI is InChI=1S/C21H25N3O2S/c1-24(2)17(15-8-4-6-10-18(15)26-3)14-22-20(25)12-13-21-23-16-9-5-7-11-19(16)27-21/h4-11,17H,12-14H2,1-3H3,(H,22,25)/p+1/t17-/m1/s1. The van der Waals surface area contributed by atoms with Crippen molar-refractivity contribution in [2.24, 2.45) is 0 Å². The average Bonchev–Trinajstić information content (AvgIpc) is 3.09. The zero-order chi connectivity index (χ0) is 19.2. The molecule has 0 aliphatic rings. The van der Waals surface area contributed by atoms with Crippen LogP contribution in [0.1, 0.15) is 23.0 Å². The van der Waals surface area contributed by atoms with Gasteiger partial charge in [0.15, 0.2) is 0 Å². The van der Waals surface area contributed by atoms with Gasteiger partial charge in [-0.25, -0.2) is 4.98 Å². The maximum atomic E-state index is 12.4. The van der Waals surface area contributed by atoms with Gasteiger partial charge in [-0.05, 0) is 24.3 Å². The molecule has 1 heterocycles. The van der Waals surface area contributed by atoms with Gasteiger partial charge in [0.1, 0.15) is 11.8 Å². The van der Waals surface area contributed by atoms with Crippen molar-refractivity contribution in [3.05, 3.63) is 59.1 Å². The Kier molecular flexibility index (Phi) is 6.42. The quantitative estimate of drug-likeness (QED) is 0.626. The minimum absolute atomic E-state index is 0.0513. The number of hydrogen-bond acceptors (Lipinski definition) is 4. The van der Waals surface area contributed by atoms with Crippen molar-refractivity contribution in [2.45, 2.75) is 18.9 Å². The van der Waals surface area contributed by atoms with Crippen LogP contribution >= 0.6 is 11.3 Å². The first-order valence-corrected chi connectivity index (χ1v) is 9.94. The number of aromatic nitrogens is 1. The molecular formula is C21H26N3O2S+.